The maximum atomic E-state index is 12.5. The van der Waals surface area contributed by atoms with Gasteiger partial charge in [0.25, 0.3) is 5.91 Å². The number of hydrogen-bond donors (Lipinski definition) is 1. The van der Waals surface area contributed by atoms with Crippen LogP contribution in [0.5, 0.6) is 0 Å². The molecule has 0 unspecified atom stereocenters. The van der Waals surface area contributed by atoms with Crippen LogP contribution in [-0.2, 0) is 9.53 Å². The number of carboxylic acid groups (broad SMARTS) is 1. The van der Waals surface area contributed by atoms with Crippen molar-refractivity contribution in [3.8, 4) is 0 Å². The van der Waals surface area contributed by atoms with Crippen LogP contribution in [0.2, 0.25) is 0 Å². The lowest BCUT2D eigenvalue weighted by atomic mass is 9.79. The van der Waals surface area contributed by atoms with Crippen LogP contribution >= 0.6 is 0 Å². The van der Waals surface area contributed by atoms with Crippen LogP contribution in [0, 0.1) is 25.7 Å². The molecule has 3 rings (SSSR count). The zero-order valence-corrected chi connectivity index (χ0v) is 10.9. The third kappa shape index (κ3) is 1.78. The maximum Gasteiger partial charge on any atom is 0.310 e. The third-order valence-corrected chi connectivity index (χ3v) is 4.06. The first-order valence-electron chi connectivity index (χ1n) is 6.45. The van der Waals surface area contributed by atoms with E-state index in [2.05, 4.69) is 5.10 Å². The average molecular weight is 264 g/mol. The van der Waals surface area contributed by atoms with E-state index >= 15 is 0 Å². The van der Waals surface area contributed by atoms with E-state index in [1.807, 2.05) is 13.0 Å². The van der Waals surface area contributed by atoms with Gasteiger partial charge in [0.05, 0.1) is 29.7 Å². The second kappa shape index (κ2) is 4.16. The van der Waals surface area contributed by atoms with E-state index < -0.39 is 17.8 Å². The summed E-state index contributed by atoms with van der Waals surface area (Å²) in [5.74, 6) is -2.57. The van der Waals surface area contributed by atoms with Gasteiger partial charge in [-0.05, 0) is 32.8 Å². The summed E-state index contributed by atoms with van der Waals surface area (Å²) in [5.41, 5.74) is 1.48. The van der Waals surface area contributed by atoms with Gasteiger partial charge in [0, 0.05) is 5.69 Å². The summed E-state index contributed by atoms with van der Waals surface area (Å²) in [4.78, 5) is 23.9. The quantitative estimate of drug-likeness (QED) is 0.862. The van der Waals surface area contributed by atoms with E-state index in [9.17, 15) is 14.7 Å². The lowest BCUT2D eigenvalue weighted by Gasteiger charge is -2.23. The maximum absolute atomic E-state index is 12.5. The summed E-state index contributed by atoms with van der Waals surface area (Å²) >= 11 is 0. The molecule has 0 aromatic carbocycles. The second-order valence-corrected chi connectivity index (χ2v) is 5.36. The molecule has 19 heavy (non-hydrogen) atoms. The zero-order chi connectivity index (χ0) is 13.7. The molecule has 1 aromatic rings. The minimum Gasteiger partial charge on any atom is -0.481 e. The van der Waals surface area contributed by atoms with Crippen molar-refractivity contribution in [3.05, 3.63) is 17.5 Å². The minimum atomic E-state index is -0.952. The Kier molecular flexibility index (Phi) is 2.70. The largest absolute Gasteiger partial charge is 0.481 e. The smallest absolute Gasteiger partial charge is 0.310 e. The van der Waals surface area contributed by atoms with E-state index in [1.54, 1.807) is 6.92 Å². The first-order valence-corrected chi connectivity index (χ1v) is 6.45. The number of fused-ring (bicyclic) bond motifs is 2. The Morgan fingerprint density at radius 2 is 1.95 bits per heavy atom. The highest BCUT2D eigenvalue weighted by atomic mass is 16.5. The number of rotatable bonds is 2. The van der Waals surface area contributed by atoms with E-state index in [0.29, 0.717) is 0 Å². The molecule has 0 spiro atoms. The van der Waals surface area contributed by atoms with Crippen LogP contribution in [0.1, 0.15) is 29.0 Å². The number of hydrogen-bond acceptors (Lipinski definition) is 4. The predicted molar refractivity (Wildman–Crippen MR) is 64.8 cm³/mol. The van der Waals surface area contributed by atoms with E-state index in [1.165, 1.54) is 4.68 Å². The minimum absolute atomic E-state index is 0.259. The molecule has 3 heterocycles. The molecule has 2 fully saturated rings. The number of nitrogens with zero attached hydrogens (tertiary/aromatic N) is 2. The van der Waals surface area contributed by atoms with Gasteiger partial charge in [-0.25, -0.2) is 4.68 Å². The van der Waals surface area contributed by atoms with Crippen molar-refractivity contribution in [3.63, 3.8) is 0 Å². The molecular weight excluding hydrogens is 248 g/mol. The highest BCUT2D eigenvalue weighted by molar-refractivity contribution is 5.88. The van der Waals surface area contributed by atoms with Crippen molar-refractivity contribution in [2.75, 3.05) is 0 Å². The van der Waals surface area contributed by atoms with Gasteiger partial charge in [-0.1, -0.05) is 0 Å². The fourth-order valence-electron chi connectivity index (χ4n) is 3.30. The van der Waals surface area contributed by atoms with Crippen molar-refractivity contribution in [2.45, 2.75) is 38.9 Å². The Labute approximate surface area is 110 Å². The molecule has 6 nitrogen and oxygen atoms in total. The molecule has 2 bridgehead atoms. The molecule has 102 valence electrons. The molecule has 0 saturated carbocycles. The van der Waals surface area contributed by atoms with Gasteiger partial charge in [-0.2, -0.15) is 5.10 Å². The molecule has 1 aromatic heterocycles. The van der Waals surface area contributed by atoms with Crippen LogP contribution in [0.25, 0.3) is 0 Å². The molecule has 2 aliphatic rings. The van der Waals surface area contributed by atoms with Gasteiger partial charge < -0.3 is 9.84 Å². The highest BCUT2D eigenvalue weighted by Gasteiger charge is 2.56. The summed E-state index contributed by atoms with van der Waals surface area (Å²) in [6.07, 6.45) is 0.878. The molecule has 2 aliphatic heterocycles. The molecule has 0 amide bonds. The normalized spacial score (nSPS) is 32.7. The van der Waals surface area contributed by atoms with Gasteiger partial charge in [0.1, 0.15) is 0 Å². The summed E-state index contributed by atoms with van der Waals surface area (Å²) < 4.78 is 6.92. The molecule has 1 N–H and O–H groups in total. The SMILES string of the molecule is Cc1cc(C)n(C(=O)[C@@H]2[C@@H](C(=O)O)[C@@H]3CC[C@@H]2O3)n1. The van der Waals surface area contributed by atoms with Gasteiger partial charge >= 0.3 is 5.97 Å². The summed E-state index contributed by atoms with van der Waals surface area (Å²) in [7, 11) is 0. The Morgan fingerprint density at radius 1 is 1.32 bits per heavy atom. The van der Waals surface area contributed by atoms with Crippen molar-refractivity contribution in [1.29, 1.82) is 0 Å². The van der Waals surface area contributed by atoms with Crippen LogP contribution < -0.4 is 0 Å². The van der Waals surface area contributed by atoms with Gasteiger partial charge in [0.15, 0.2) is 0 Å². The lowest BCUT2D eigenvalue weighted by molar-refractivity contribution is -0.144. The van der Waals surface area contributed by atoms with Crippen molar-refractivity contribution in [1.82, 2.24) is 9.78 Å². The van der Waals surface area contributed by atoms with Gasteiger partial charge in [0.2, 0.25) is 0 Å². The highest BCUT2D eigenvalue weighted by Crippen LogP contribution is 2.44. The van der Waals surface area contributed by atoms with Gasteiger partial charge in [-0.15, -0.1) is 0 Å². The molecule has 0 radical (unpaired) electrons. The number of aliphatic carboxylic acids is 1. The molecular formula is C13H16N2O4. The Bertz CT molecular complexity index is 551. The second-order valence-electron chi connectivity index (χ2n) is 5.36. The Morgan fingerprint density at radius 3 is 2.47 bits per heavy atom. The number of carbonyl (C=O) groups is 2. The average Bonchev–Trinajstić information content (AvgIpc) is 3.01. The summed E-state index contributed by atoms with van der Waals surface area (Å²) in [6, 6.07) is 1.81. The molecule has 6 heteroatoms. The van der Waals surface area contributed by atoms with Crippen LogP contribution in [-0.4, -0.2) is 39.0 Å². The molecule has 0 aliphatic carbocycles. The van der Waals surface area contributed by atoms with Crippen molar-refractivity contribution >= 4 is 11.9 Å². The van der Waals surface area contributed by atoms with E-state index in [0.717, 1.165) is 24.2 Å². The first-order chi connectivity index (χ1) is 8.99. The number of carbonyl (C=O) groups excluding carboxylic acids is 1. The number of carboxylic acids is 1. The van der Waals surface area contributed by atoms with Crippen LogP contribution in [0.3, 0.4) is 0 Å². The number of aromatic nitrogens is 2. The number of aryl methyl sites for hydroxylation is 2. The number of ether oxygens (including phenoxy) is 1. The fraction of sp³-hybridized carbons (Fsp3) is 0.615. The van der Waals surface area contributed by atoms with Gasteiger partial charge in [-0.3, -0.25) is 9.59 Å². The molecule has 2 saturated heterocycles. The van der Waals surface area contributed by atoms with Crippen molar-refractivity contribution < 1.29 is 19.4 Å². The third-order valence-electron chi connectivity index (χ3n) is 4.06. The monoisotopic (exact) mass is 264 g/mol. The summed E-state index contributed by atoms with van der Waals surface area (Å²) in [5, 5.41) is 13.5. The molecule has 4 atom stereocenters. The Hall–Kier alpha value is -1.69. The van der Waals surface area contributed by atoms with Crippen LogP contribution in [0.4, 0.5) is 0 Å². The standard InChI is InChI=1S/C13H16N2O4/c1-6-5-7(2)15(14-6)12(16)10-8-3-4-9(19-8)11(10)13(17)18/h5,8-11H,3-4H2,1-2H3,(H,17,18)/t8-,9-,10-,11-/m0/s1. The van der Waals surface area contributed by atoms with E-state index in [4.69, 9.17) is 4.74 Å². The topological polar surface area (TPSA) is 81.4 Å². The first kappa shape index (κ1) is 12.3. The predicted octanol–water partition coefficient (Wildman–Crippen LogP) is 1.02. The fourth-order valence-corrected chi connectivity index (χ4v) is 3.30. The zero-order valence-electron chi connectivity index (χ0n) is 10.9. The Balaban J connectivity index is 1.94. The summed E-state index contributed by atoms with van der Waals surface area (Å²) in [6.45, 7) is 3.60. The van der Waals surface area contributed by atoms with E-state index in [-0.39, 0.29) is 18.1 Å². The van der Waals surface area contributed by atoms with Crippen LogP contribution in [0.15, 0.2) is 6.07 Å². The lowest BCUT2D eigenvalue weighted by Crippen LogP contribution is -2.41. The van der Waals surface area contributed by atoms with Crippen molar-refractivity contribution in [2.24, 2.45) is 11.8 Å².